The number of hydrogen-bond donors (Lipinski definition) is 1. The number of anilines is 1. The Morgan fingerprint density at radius 2 is 2.11 bits per heavy atom. The van der Waals surface area contributed by atoms with Crippen LogP contribution in [0.25, 0.3) is 5.65 Å². The van der Waals surface area contributed by atoms with E-state index in [0.29, 0.717) is 11.6 Å². The van der Waals surface area contributed by atoms with Crippen molar-refractivity contribution >= 4 is 17.2 Å². The van der Waals surface area contributed by atoms with Crippen molar-refractivity contribution in [2.45, 2.75) is 45.3 Å². The predicted octanol–water partition coefficient (Wildman–Crippen LogP) is 3.53. The summed E-state index contributed by atoms with van der Waals surface area (Å²) in [4.78, 5) is 16.8. The van der Waals surface area contributed by atoms with Gasteiger partial charge in [-0.25, -0.2) is 9.50 Å². The molecule has 1 amide bonds. The van der Waals surface area contributed by atoms with E-state index in [1.807, 2.05) is 0 Å². The zero-order chi connectivity index (χ0) is 19.7. The Labute approximate surface area is 159 Å². The number of alkyl halides is 2. The summed E-state index contributed by atoms with van der Waals surface area (Å²) >= 11 is 0. The predicted molar refractivity (Wildman–Crippen MR) is 96.5 cm³/mol. The van der Waals surface area contributed by atoms with E-state index in [0.717, 1.165) is 25.7 Å². The summed E-state index contributed by atoms with van der Waals surface area (Å²) in [6, 6.07) is 1.78. The van der Waals surface area contributed by atoms with Crippen LogP contribution in [-0.2, 0) is 0 Å². The molecular weight excluding hydrogens is 370 g/mol. The van der Waals surface area contributed by atoms with Gasteiger partial charge in [-0.1, -0.05) is 6.92 Å². The third-order valence-corrected chi connectivity index (χ3v) is 5.03. The number of ether oxygens (including phenoxy) is 1. The van der Waals surface area contributed by atoms with Crippen LogP contribution in [0, 0.1) is 5.92 Å². The summed E-state index contributed by atoms with van der Waals surface area (Å²) in [7, 11) is 0. The molecule has 0 unspecified atom stereocenters. The molecular formula is C18H20F2N6O2. The number of aromatic nitrogens is 5. The number of halogens is 2. The van der Waals surface area contributed by atoms with Crippen LogP contribution in [0.2, 0.25) is 0 Å². The second-order valence-electron chi connectivity index (χ2n) is 7.02. The van der Waals surface area contributed by atoms with Crippen molar-refractivity contribution in [1.82, 2.24) is 24.4 Å². The topological polar surface area (TPSA) is 86.3 Å². The van der Waals surface area contributed by atoms with Crippen LogP contribution >= 0.6 is 0 Å². The molecule has 3 aromatic heterocycles. The Morgan fingerprint density at radius 1 is 1.32 bits per heavy atom. The van der Waals surface area contributed by atoms with Gasteiger partial charge in [-0.2, -0.15) is 13.9 Å². The number of fused-ring (bicyclic) bond motifs is 1. The van der Waals surface area contributed by atoms with E-state index in [1.165, 1.54) is 10.7 Å². The molecule has 0 aliphatic heterocycles. The molecule has 3 heterocycles. The molecule has 1 saturated carbocycles. The first-order valence-electron chi connectivity index (χ1n) is 9.15. The van der Waals surface area contributed by atoms with E-state index < -0.39 is 12.5 Å². The van der Waals surface area contributed by atoms with E-state index in [-0.39, 0.29) is 23.2 Å². The zero-order valence-electron chi connectivity index (χ0n) is 15.3. The molecule has 0 bridgehead atoms. The third-order valence-electron chi connectivity index (χ3n) is 5.03. The van der Waals surface area contributed by atoms with Crippen LogP contribution in [-0.4, -0.2) is 36.9 Å². The molecule has 28 heavy (non-hydrogen) atoms. The minimum atomic E-state index is -3.04. The lowest BCUT2D eigenvalue weighted by Gasteiger charge is -2.26. The monoisotopic (exact) mass is 390 g/mol. The molecule has 3 aromatic rings. The van der Waals surface area contributed by atoms with Crippen LogP contribution in [0.1, 0.15) is 49.0 Å². The molecule has 0 spiro atoms. The Morgan fingerprint density at radius 3 is 2.86 bits per heavy atom. The van der Waals surface area contributed by atoms with Crippen molar-refractivity contribution in [2.24, 2.45) is 5.92 Å². The van der Waals surface area contributed by atoms with Crippen molar-refractivity contribution < 1.29 is 18.3 Å². The molecule has 0 atom stereocenters. The average Bonchev–Trinajstić information content (AvgIpc) is 3.26. The number of amides is 1. The normalized spacial score (nSPS) is 19.9. The van der Waals surface area contributed by atoms with Gasteiger partial charge in [-0.3, -0.25) is 9.48 Å². The number of hydrogen-bond acceptors (Lipinski definition) is 5. The highest BCUT2D eigenvalue weighted by Gasteiger charge is 2.25. The fraction of sp³-hybridized carbons (Fsp3) is 0.444. The number of rotatable bonds is 5. The Balaban J connectivity index is 1.59. The van der Waals surface area contributed by atoms with Gasteiger partial charge in [0.2, 0.25) is 0 Å². The van der Waals surface area contributed by atoms with Gasteiger partial charge in [0.15, 0.2) is 5.65 Å². The Kier molecular flexibility index (Phi) is 4.93. The van der Waals surface area contributed by atoms with Crippen molar-refractivity contribution in [2.75, 3.05) is 5.32 Å². The number of nitrogens with one attached hydrogen (secondary N) is 1. The highest BCUT2D eigenvalue weighted by atomic mass is 19.3. The maximum Gasteiger partial charge on any atom is 0.388 e. The van der Waals surface area contributed by atoms with Crippen molar-refractivity contribution in [1.29, 1.82) is 0 Å². The van der Waals surface area contributed by atoms with Crippen molar-refractivity contribution in [3.63, 3.8) is 0 Å². The van der Waals surface area contributed by atoms with Crippen LogP contribution in [0.4, 0.5) is 14.5 Å². The first-order valence-corrected chi connectivity index (χ1v) is 9.15. The molecule has 4 rings (SSSR count). The summed E-state index contributed by atoms with van der Waals surface area (Å²) in [6.07, 6.45) is 10.0. The molecule has 148 valence electrons. The third kappa shape index (κ3) is 3.67. The fourth-order valence-electron chi connectivity index (χ4n) is 3.50. The van der Waals surface area contributed by atoms with Gasteiger partial charge in [-0.15, -0.1) is 5.10 Å². The largest absolute Gasteiger partial charge is 0.413 e. The lowest BCUT2D eigenvalue weighted by atomic mass is 9.87. The molecule has 10 heteroatoms. The van der Waals surface area contributed by atoms with Crippen LogP contribution < -0.4 is 10.1 Å². The number of carbonyl (C=O) groups excluding carboxylic acids is 1. The van der Waals surface area contributed by atoms with E-state index in [4.69, 9.17) is 0 Å². The van der Waals surface area contributed by atoms with Gasteiger partial charge in [-0.05, 0) is 37.7 Å². The summed E-state index contributed by atoms with van der Waals surface area (Å²) < 4.78 is 33.2. The highest BCUT2D eigenvalue weighted by molar-refractivity contribution is 6.08. The summed E-state index contributed by atoms with van der Waals surface area (Å²) in [5.41, 5.74) is 0.687. The maximum atomic E-state index is 12.8. The van der Waals surface area contributed by atoms with Gasteiger partial charge in [0.1, 0.15) is 11.3 Å². The van der Waals surface area contributed by atoms with Gasteiger partial charge < -0.3 is 10.1 Å². The average molecular weight is 390 g/mol. The van der Waals surface area contributed by atoms with Crippen molar-refractivity contribution in [3.05, 3.63) is 36.4 Å². The van der Waals surface area contributed by atoms with Crippen molar-refractivity contribution in [3.8, 4) is 5.88 Å². The van der Waals surface area contributed by atoms with E-state index in [2.05, 4.69) is 32.2 Å². The second-order valence-corrected chi connectivity index (χ2v) is 7.02. The molecule has 0 saturated heterocycles. The quantitative estimate of drug-likeness (QED) is 0.720. The summed E-state index contributed by atoms with van der Waals surface area (Å²) in [6.45, 7) is -0.843. The SMILES string of the molecule is CC1CCC(n2cc(NC(=O)c3cnn4cccnc34)c(OC(F)F)n2)CC1. The standard InChI is InChI=1S/C18H20F2N6O2/c1-11-3-5-12(6-4-11)26-10-14(17(24-26)28-18(19)20)23-16(27)13-9-22-25-8-2-7-21-15(13)25/h2,7-12,18H,3-6H2,1H3,(H,23,27). The molecule has 8 nitrogen and oxygen atoms in total. The first kappa shape index (κ1) is 18.3. The smallest absolute Gasteiger partial charge is 0.388 e. The summed E-state index contributed by atoms with van der Waals surface area (Å²) in [5.74, 6) is -0.179. The lowest BCUT2D eigenvalue weighted by molar-refractivity contribution is -0.0529. The molecule has 1 aliphatic carbocycles. The second kappa shape index (κ2) is 7.53. The van der Waals surface area contributed by atoms with Gasteiger partial charge in [0.25, 0.3) is 11.8 Å². The Hall–Kier alpha value is -3.04. The number of carbonyl (C=O) groups is 1. The zero-order valence-corrected chi connectivity index (χ0v) is 15.3. The first-order chi connectivity index (χ1) is 13.5. The van der Waals surface area contributed by atoms with Gasteiger partial charge in [0.05, 0.1) is 18.4 Å². The Bertz CT molecular complexity index is 978. The highest BCUT2D eigenvalue weighted by Crippen LogP contribution is 2.34. The van der Waals surface area contributed by atoms with Crippen LogP contribution in [0.5, 0.6) is 5.88 Å². The molecule has 0 radical (unpaired) electrons. The van der Waals surface area contributed by atoms with Crippen LogP contribution in [0.3, 0.4) is 0 Å². The minimum absolute atomic E-state index is 0.0965. The van der Waals surface area contributed by atoms with E-state index in [9.17, 15) is 13.6 Å². The number of nitrogens with zero attached hydrogens (tertiary/aromatic N) is 5. The molecule has 1 aliphatic rings. The molecule has 0 aromatic carbocycles. The van der Waals surface area contributed by atoms with Gasteiger partial charge in [0, 0.05) is 12.4 Å². The maximum absolute atomic E-state index is 12.8. The van der Waals surface area contributed by atoms with Crippen LogP contribution in [0.15, 0.2) is 30.9 Å². The molecule has 1 N–H and O–H groups in total. The minimum Gasteiger partial charge on any atom is -0.413 e. The molecule has 1 fully saturated rings. The van der Waals surface area contributed by atoms with E-state index >= 15 is 0 Å². The lowest BCUT2D eigenvalue weighted by Crippen LogP contribution is -2.17. The fourth-order valence-corrected chi connectivity index (χ4v) is 3.50. The van der Waals surface area contributed by atoms with Gasteiger partial charge >= 0.3 is 6.61 Å². The van der Waals surface area contributed by atoms with E-state index in [1.54, 1.807) is 29.3 Å². The summed E-state index contributed by atoms with van der Waals surface area (Å²) in [5, 5.41) is 10.8.